The molecule has 5 rings (SSSR count). The summed E-state index contributed by atoms with van der Waals surface area (Å²) in [7, 11) is -2.57. The van der Waals surface area contributed by atoms with Gasteiger partial charge in [0.25, 0.3) is 5.91 Å². The summed E-state index contributed by atoms with van der Waals surface area (Å²) in [6.45, 7) is 4.03. The Morgan fingerprint density at radius 2 is 1.96 bits per heavy atom. The summed E-state index contributed by atoms with van der Waals surface area (Å²) in [4.78, 5) is 15.8. The number of nitrogens with one attached hydrogen (secondary N) is 1. The van der Waals surface area contributed by atoms with E-state index in [1.165, 1.54) is 0 Å². The quantitative estimate of drug-likeness (QED) is 0.329. The zero-order chi connectivity index (χ0) is 32.0. The summed E-state index contributed by atoms with van der Waals surface area (Å²) in [6.07, 6.45) is 7.35. The third-order valence-electron chi connectivity index (χ3n) is 9.38. The fourth-order valence-corrected chi connectivity index (χ4v) is 8.43. The number of hydrogen-bond donors (Lipinski definition) is 2. The highest BCUT2D eigenvalue weighted by molar-refractivity contribution is 7.90. The molecule has 0 radical (unpaired) electrons. The number of methoxy groups -OCH3 is 1. The number of rotatable bonds is 5. The number of carbonyl (C=O) groups excluding carboxylic acids is 1. The molecule has 0 aromatic heterocycles. The zero-order valence-electron chi connectivity index (χ0n) is 26.1. The average Bonchev–Trinajstić information content (AvgIpc) is 3.01. The first-order valence-electron chi connectivity index (χ1n) is 16.0. The Balaban J connectivity index is 1.52. The Morgan fingerprint density at radius 3 is 2.71 bits per heavy atom. The monoisotopic (exact) mass is 660 g/mol. The molecule has 246 valence electrons. The van der Waals surface area contributed by atoms with Gasteiger partial charge >= 0.3 is 0 Å². The van der Waals surface area contributed by atoms with E-state index in [-0.39, 0.29) is 36.8 Å². The first kappa shape index (κ1) is 33.7. The van der Waals surface area contributed by atoms with Crippen molar-refractivity contribution in [2.24, 2.45) is 11.8 Å². The van der Waals surface area contributed by atoms with E-state index >= 15 is 0 Å². The predicted octanol–water partition coefficient (Wildman–Crippen LogP) is 5.28. The van der Waals surface area contributed by atoms with Crippen molar-refractivity contribution in [2.45, 2.75) is 75.9 Å². The van der Waals surface area contributed by atoms with Gasteiger partial charge in [0.2, 0.25) is 10.0 Å². The second kappa shape index (κ2) is 15.3. The highest BCUT2D eigenvalue weighted by atomic mass is 35.5. The molecule has 2 aromatic rings. The van der Waals surface area contributed by atoms with E-state index in [0.29, 0.717) is 30.5 Å². The summed E-state index contributed by atoms with van der Waals surface area (Å²) < 4.78 is 47.1. The molecule has 1 fully saturated rings. The number of sulfonamides is 1. The van der Waals surface area contributed by atoms with Gasteiger partial charge in [-0.1, -0.05) is 36.7 Å². The second-order valence-electron chi connectivity index (χ2n) is 12.3. The summed E-state index contributed by atoms with van der Waals surface area (Å²) in [5.74, 6) is 0.253. The molecule has 2 N–H and O–H groups in total. The van der Waals surface area contributed by atoms with Gasteiger partial charge < -0.3 is 24.2 Å². The van der Waals surface area contributed by atoms with E-state index in [9.17, 15) is 18.3 Å². The van der Waals surface area contributed by atoms with Crippen LogP contribution in [-0.2, 0) is 32.5 Å². The molecule has 0 spiro atoms. The van der Waals surface area contributed by atoms with Gasteiger partial charge in [-0.3, -0.25) is 4.79 Å². The van der Waals surface area contributed by atoms with E-state index < -0.39 is 33.4 Å². The Hall–Kier alpha value is -2.63. The number of anilines is 1. The molecule has 45 heavy (non-hydrogen) atoms. The first-order chi connectivity index (χ1) is 21.7. The first-order valence-corrected chi connectivity index (χ1v) is 17.9. The number of ether oxygens (including phenoxy) is 3. The number of hydrogen-bond acceptors (Lipinski definition) is 8. The largest absolute Gasteiger partial charge is 0.487 e. The van der Waals surface area contributed by atoms with Crippen LogP contribution in [0.5, 0.6) is 5.75 Å². The van der Waals surface area contributed by atoms with Crippen LogP contribution in [0.4, 0.5) is 5.69 Å². The van der Waals surface area contributed by atoms with Crippen LogP contribution >= 0.6 is 11.6 Å². The molecule has 0 saturated heterocycles. The molecule has 1 saturated carbocycles. The van der Waals surface area contributed by atoms with Gasteiger partial charge in [-0.2, -0.15) is 0 Å². The number of fused-ring (bicyclic) bond motifs is 3. The minimum atomic E-state index is -4.12. The number of aryl methyl sites for hydroxylation is 1. The third kappa shape index (κ3) is 8.21. The van der Waals surface area contributed by atoms with Gasteiger partial charge in [0.1, 0.15) is 17.6 Å². The van der Waals surface area contributed by atoms with Crippen LogP contribution < -0.4 is 14.4 Å². The van der Waals surface area contributed by atoms with E-state index in [2.05, 4.69) is 9.62 Å². The maximum absolute atomic E-state index is 13.6. The molecule has 1 aliphatic carbocycles. The Morgan fingerprint density at radius 1 is 1.11 bits per heavy atom. The standard InChI is InChI=1S/C34H45ClN2O7S/c1-3-33-32(43-18-17-42-2)9-6-8-30(38)28-14-11-25(28)21-37-16-5-4-7-23-19-27(35)13-10-26(23)22-44-31-15-12-24(20-29(31)37)34(39)36-45(33,40)41/h6,8,10,12-13,15,19-20,25,28,30,32-33,38H,3-5,7,9,11,14,16-18,21-22H2,1-2H3,(H,36,39)/b8-6+/t25-,28+,30-,32+,33-/m0/s1. The van der Waals surface area contributed by atoms with E-state index in [0.717, 1.165) is 55.5 Å². The van der Waals surface area contributed by atoms with Gasteiger partial charge in [-0.15, -0.1) is 0 Å². The number of carbonyl (C=O) groups is 1. The van der Waals surface area contributed by atoms with Crippen molar-refractivity contribution < 1.29 is 32.5 Å². The zero-order valence-corrected chi connectivity index (χ0v) is 27.7. The molecule has 0 unspecified atom stereocenters. The van der Waals surface area contributed by atoms with Crippen molar-refractivity contribution >= 4 is 33.2 Å². The summed E-state index contributed by atoms with van der Waals surface area (Å²) in [6, 6.07) is 11.0. The van der Waals surface area contributed by atoms with E-state index in [1.54, 1.807) is 38.3 Å². The molecule has 11 heteroatoms. The lowest BCUT2D eigenvalue weighted by atomic mass is 9.70. The Bertz CT molecular complexity index is 1470. The normalized spacial score (nSPS) is 27.9. The number of aliphatic hydroxyl groups excluding tert-OH is 1. The van der Waals surface area contributed by atoms with Crippen LogP contribution in [0.3, 0.4) is 0 Å². The van der Waals surface area contributed by atoms with Crippen molar-refractivity contribution in [2.75, 3.05) is 38.3 Å². The molecule has 1 amide bonds. The smallest absolute Gasteiger partial charge is 0.264 e. The molecule has 2 aromatic carbocycles. The summed E-state index contributed by atoms with van der Waals surface area (Å²) in [5.41, 5.74) is 3.20. The molecular weight excluding hydrogens is 616 g/mol. The van der Waals surface area contributed by atoms with Gasteiger partial charge in [0, 0.05) is 30.8 Å². The molecule has 2 bridgehead atoms. The maximum Gasteiger partial charge on any atom is 0.264 e. The van der Waals surface area contributed by atoms with Crippen LogP contribution in [0.15, 0.2) is 48.6 Å². The number of halogens is 1. The molecular formula is C34H45ClN2O7S. The maximum atomic E-state index is 13.6. The molecule has 2 aliphatic heterocycles. The number of amides is 1. The predicted molar refractivity (Wildman–Crippen MR) is 175 cm³/mol. The van der Waals surface area contributed by atoms with Crippen molar-refractivity contribution in [1.82, 2.24) is 4.72 Å². The van der Waals surface area contributed by atoms with Crippen LogP contribution in [-0.4, -0.2) is 70.3 Å². The summed E-state index contributed by atoms with van der Waals surface area (Å²) >= 11 is 6.32. The van der Waals surface area contributed by atoms with Gasteiger partial charge in [-0.05, 0) is 98.2 Å². The fraction of sp³-hybridized carbons (Fsp3) is 0.559. The van der Waals surface area contributed by atoms with Crippen LogP contribution in [0, 0.1) is 11.8 Å². The molecule has 5 atom stereocenters. The molecule has 3 aliphatic rings. The number of aliphatic hydroxyl groups is 1. The lowest BCUT2D eigenvalue weighted by Crippen LogP contribution is -2.45. The van der Waals surface area contributed by atoms with Crippen LogP contribution in [0.25, 0.3) is 0 Å². The topological polar surface area (TPSA) is 114 Å². The van der Waals surface area contributed by atoms with Gasteiger partial charge in [-0.25, -0.2) is 13.1 Å². The number of nitrogens with zero attached hydrogens (tertiary/aromatic N) is 1. The highest BCUT2D eigenvalue weighted by Gasteiger charge is 2.38. The number of benzene rings is 2. The highest BCUT2D eigenvalue weighted by Crippen LogP contribution is 2.41. The second-order valence-corrected chi connectivity index (χ2v) is 14.6. The fourth-order valence-electron chi connectivity index (χ4n) is 6.68. The molecule has 2 heterocycles. The van der Waals surface area contributed by atoms with Crippen molar-refractivity contribution in [3.05, 3.63) is 70.3 Å². The van der Waals surface area contributed by atoms with Crippen LogP contribution in [0.2, 0.25) is 5.02 Å². The third-order valence-corrected chi connectivity index (χ3v) is 11.5. The minimum Gasteiger partial charge on any atom is -0.487 e. The van der Waals surface area contributed by atoms with Gasteiger partial charge in [0.15, 0.2) is 0 Å². The lowest BCUT2D eigenvalue weighted by molar-refractivity contribution is 0.0156. The Kier molecular flexibility index (Phi) is 11.5. The van der Waals surface area contributed by atoms with Crippen LogP contribution in [0.1, 0.15) is 66.9 Å². The summed E-state index contributed by atoms with van der Waals surface area (Å²) in [5, 5.41) is 10.9. The van der Waals surface area contributed by atoms with Crippen molar-refractivity contribution in [3.63, 3.8) is 0 Å². The minimum absolute atomic E-state index is 0.0770. The van der Waals surface area contributed by atoms with Gasteiger partial charge in [0.05, 0.1) is 31.1 Å². The van der Waals surface area contributed by atoms with E-state index in [1.807, 2.05) is 24.3 Å². The Labute approximate surface area is 271 Å². The van der Waals surface area contributed by atoms with Crippen molar-refractivity contribution in [3.8, 4) is 5.75 Å². The molecule has 9 nitrogen and oxygen atoms in total. The average molecular weight is 661 g/mol. The van der Waals surface area contributed by atoms with Crippen molar-refractivity contribution in [1.29, 1.82) is 0 Å². The lowest BCUT2D eigenvalue weighted by Gasteiger charge is -2.42. The van der Waals surface area contributed by atoms with E-state index in [4.69, 9.17) is 25.8 Å². The SMILES string of the molecule is CC[C@H]1[C@H](OCCOC)C/C=C/[C@H](O)[C@@H]2CC[C@H]2CN2CCCCc3cc(Cl)ccc3COc3ccc(cc32)C(=O)NS1(=O)=O.